The SMILES string of the molecule is CSC1CCC(NC(=O)c2cnccc2Cl)C1. The lowest BCUT2D eigenvalue weighted by atomic mass is 10.2. The third-order valence-electron chi connectivity index (χ3n) is 3.07. The second kappa shape index (κ2) is 5.74. The smallest absolute Gasteiger partial charge is 0.254 e. The van der Waals surface area contributed by atoms with Crippen molar-refractivity contribution in [2.24, 2.45) is 0 Å². The Kier molecular flexibility index (Phi) is 4.29. The Morgan fingerprint density at radius 3 is 3.06 bits per heavy atom. The number of hydrogen-bond donors (Lipinski definition) is 1. The van der Waals surface area contributed by atoms with Crippen LogP contribution in [0.5, 0.6) is 0 Å². The van der Waals surface area contributed by atoms with Crippen molar-refractivity contribution < 1.29 is 4.79 Å². The quantitative estimate of drug-likeness (QED) is 0.918. The van der Waals surface area contributed by atoms with Crippen LogP contribution >= 0.6 is 23.4 Å². The molecule has 17 heavy (non-hydrogen) atoms. The first-order valence-electron chi connectivity index (χ1n) is 5.64. The van der Waals surface area contributed by atoms with Gasteiger partial charge in [0.2, 0.25) is 0 Å². The monoisotopic (exact) mass is 270 g/mol. The molecular formula is C12H15ClN2OS. The van der Waals surface area contributed by atoms with Crippen LogP contribution in [0, 0.1) is 0 Å². The van der Waals surface area contributed by atoms with Crippen molar-refractivity contribution in [3.63, 3.8) is 0 Å². The Labute approximate surface area is 110 Å². The molecule has 5 heteroatoms. The largest absolute Gasteiger partial charge is 0.349 e. The number of rotatable bonds is 3. The van der Waals surface area contributed by atoms with Gasteiger partial charge in [-0.05, 0) is 31.6 Å². The molecule has 1 saturated carbocycles. The third kappa shape index (κ3) is 3.13. The third-order valence-corrected chi connectivity index (χ3v) is 4.49. The van der Waals surface area contributed by atoms with Crippen molar-refractivity contribution in [2.45, 2.75) is 30.6 Å². The molecule has 92 valence electrons. The van der Waals surface area contributed by atoms with Crippen LogP contribution in [0.15, 0.2) is 18.5 Å². The maximum Gasteiger partial charge on any atom is 0.254 e. The minimum absolute atomic E-state index is 0.116. The summed E-state index contributed by atoms with van der Waals surface area (Å²) in [5, 5.41) is 4.15. The number of halogens is 1. The normalized spacial score (nSPS) is 23.6. The van der Waals surface area contributed by atoms with E-state index in [9.17, 15) is 4.79 Å². The highest BCUT2D eigenvalue weighted by Gasteiger charge is 2.25. The molecule has 0 saturated heterocycles. The minimum atomic E-state index is -0.116. The molecule has 0 aromatic carbocycles. The predicted octanol–water partition coefficient (Wildman–Crippen LogP) is 2.75. The predicted molar refractivity (Wildman–Crippen MR) is 71.7 cm³/mol. The Hall–Kier alpha value is -0.740. The molecule has 1 aliphatic rings. The van der Waals surface area contributed by atoms with Gasteiger partial charge in [0.15, 0.2) is 0 Å². The fraction of sp³-hybridized carbons (Fsp3) is 0.500. The molecule has 1 N–H and O–H groups in total. The number of nitrogens with zero attached hydrogens (tertiary/aromatic N) is 1. The highest BCUT2D eigenvalue weighted by atomic mass is 35.5. The zero-order valence-electron chi connectivity index (χ0n) is 9.65. The summed E-state index contributed by atoms with van der Waals surface area (Å²) in [6.07, 6.45) is 8.48. The van der Waals surface area contributed by atoms with E-state index in [0.717, 1.165) is 12.8 Å². The van der Waals surface area contributed by atoms with E-state index in [4.69, 9.17) is 11.6 Å². The van der Waals surface area contributed by atoms with Gasteiger partial charge in [-0.3, -0.25) is 9.78 Å². The first-order chi connectivity index (χ1) is 8.20. The van der Waals surface area contributed by atoms with Crippen molar-refractivity contribution in [3.05, 3.63) is 29.0 Å². The number of carbonyl (C=O) groups excluding carboxylic acids is 1. The van der Waals surface area contributed by atoms with E-state index in [-0.39, 0.29) is 11.9 Å². The van der Waals surface area contributed by atoms with Gasteiger partial charge in [0.25, 0.3) is 5.91 Å². The maximum atomic E-state index is 12.0. The minimum Gasteiger partial charge on any atom is -0.349 e. The van der Waals surface area contributed by atoms with E-state index >= 15 is 0 Å². The molecule has 1 fully saturated rings. The van der Waals surface area contributed by atoms with Crippen LogP contribution in [0.1, 0.15) is 29.6 Å². The average molecular weight is 271 g/mol. The molecular weight excluding hydrogens is 256 g/mol. The summed E-state index contributed by atoms with van der Waals surface area (Å²) >= 11 is 7.83. The molecule has 1 aromatic rings. The van der Waals surface area contributed by atoms with Crippen molar-refractivity contribution in [1.29, 1.82) is 0 Å². The Morgan fingerprint density at radius 1 is 1.59 bits per heavy atom. The second-order valence-electron chi connectivity index (χ2n) is 4.20. The van der Waals surface area contributed by atoms with Crippen molar-refractivity contribution in [3.8, 4) is 0 Å². The van der Waals surface area contributed by atoms with Crippen LogP contribution < -0.4 is 5.32 Å². The zero-order chi connectivity index (χ0) is 12.3. The van der Waals surface area contributed by atoms with Gasteiger partial charge >= 0.3 is 0 Å². The summed E-state index contributed by atoms with van der Waals surface area (Å²) in [6.45, 7) is 0. The molecule has 2 rings (SSSR count). The maximum absolute atomic E-state index is 12.0. The molecule has 1 aliphatic carbocycles. The Balaban J connectivity index is 1.96. The first-order valence-corrected chi connectivity index (χ1v) is 7.30. The van der Waals surface area contributed by atoms with Crippen LogP contribution in [0.25, 0.3) is 0 Å². The highest BCUT2D eigenvalue weighted by molar-refractivity contribution is 7.99. The molecule has 0 aliphatic heterocycles. The van der Waals surface area contributed by atoms with E-state index in [1.54, 1.807) is 12.3 Å². The van der Waals surface area contributed by atoms with E-state index in [1.165, 1.54) is 12.6 Å². The van der Waals surface area contributed by atoms with E-state index in [1.807, 2.05) is 11.8 Å². The van der Waals surface area contributed by atoms with Gasteiger partial charge in [0, 0.05) is 23.7 Å². The molecule has 2 unspecified atom stereocenters. The van der Waals surface area contributed by atoms with Gasteiger partial charge in [-0.15, -0.1) is 0 Å². The molecule has 0 bridgehead atoms. The summed E-state index contributed by atoms with van der Waals surface area (Å²) in [5.74, 6) is -0.116. The zero-order valence-corrected chi connectivity index (χ0v) is 11.2. The standard InChI is InChI=1S/C12H15ClN2OS/c1-17-9-3-2-8(6-9)15-12(16)10-7-14-5-4-11(10)13/h4-5,7-9H,2-3,6H2,1H3,(H,15,16). The summed E-state index contributed by atoms with van der Waals surface area (Å²) in [6, 6.07) is 1.91. The average Bonchev–Trinajstić information content (AvgIpc) is 2.77. The summed E-state index contributed by atoms with van der Waals surface area (Å²) < 4.78 is 0. The summed E-state index contributed by atoms with van der Waals surface area (Å²) in [4.78, 5) is 15.9. The van der Waals surface area contributed by atoms with E-state index in [0.29, 0.717) is 15.8 Å². The molecule has 0 radical (unpaired) electrons. The van der Waals surface area contributed by atoms with Gasteiger partial charge in [-0.25, -0.2) is 0 Å². The van der Waals surface area contributed by atoms with Crippen molar-refractivity contribution in [1.82, 2.24) is 10.3 Å². The number of thioether (sulfide) groups is 1. The van der Waals surface area contributed by atoms with E-state index < -0.39 is 0 Å². The lowest BCUT2D eigenvalue weighted by molar-refractivity contribution is 0.0938. The number of nitrogens with one attached hydrogen (secondary N) is 1. The number of pyridine rings is 1. The number of amides is 1. The van der Waals surface area contributed by atoms with Crippen LogP contribution in [0.3, 0.4) is 0 Å². The second-order valence-corrected chi connectivity index (χ2v) is 5.74. The molecule has 1 heterocycles. The number of hydrogen-bond acceptors (Lipinski definition) is 3. The van der Waals surface area contributed by atoms with Crippen LogP contribution in [0.2, 0.25) is 5.02 Å². The molecule has 1 amide bonds. The molecule has 1 aromatic heterocycles. The fourth-order valence-electron chi connectivity index (χ4n) is 2.09. The molecule has 3 nitrogen and oxygen atoms in total. The van der Waals surface area contributed by atoms with Crippen molar-refractivity contribution in [2.75, 3.05) is 6.26 Å². The lowest BCUT2D eigenvalue weighted by Crippen LogP contribution is -2.33. The summed E-state index contributed by atoms with van der Waals surface area (Å²) in [5.41, 5.74) is 0.460. The lowest BCUT2D eigenvalue weighted by Gasteiger charge is -2.13. The van der Waals surface area contributed by atoms with Crippen molar-refractivity contribution >= 4 is 29.3 Å². The topological polar surface area (TPSA) is 42.0 Å². The first kappa shape index (κ1) is 12.7. The number of aromatic nitrogens is 1. The Morgan fingerprint density at radius 2 is 2.41 bits per heavy atom. The van der Waals surface area contributed by atoms with Gasteiger partial charge in [-0.1, -0.05) is 11.6 Å². The van der Waals surface area contributed by atoms with E-state index in [2.05, 4.69) is 16.6 Å². The summed E-state index contributed by atoms with van der Waals surface area (Å²) in [7, 11) is 0. The molecule has 2 atom stereocenters. The molecule has 0 spiro atoms. The van der Waals surface area contributed by atoms with Gasteiger partial charge in [0.1, 0.15) is 0 Å². The van der Waals surface area contributed by atoms with Gasteiger partial charge in [-0.2, -0.15) is 11.8 Å². The van der Waals surface area contributed by atoms with Gasteiger partial charge < -0.3 is 5.32 Å². The fourth-order valence-corrected chi connectivity index (χ4v) is 3.08. The van der Waals surface area contributed by atoms with Crippen LogP contribution in [0.4, 0.5) is 0 Å². The Bertz CT molecular complexity index is 413. The number of carbonyl (C=O) groups is 1. The van der Waals surface area contributed by atoms with Gasteiger partial charge in [0.05, 0.1) is 10.6 Å². The highest BCUT2D eigenvalue weighted by Crippen LogP contribution is 2.28. The van der Waals surface area contributed by atoms with Crippen LogP contribution in [-0.2, 0) is 0 Å². The van der Waals surface area contributed by atoms with Crippen LogP contribution in [-0.4, -0.2) is 28.4 Å².